The molecule has 1 N–H and O–H groups in total. The highest BCUT2D eigenvalue weighted by Crippen LogP contribution is 2.31. The lowest BCUT2D eigenvalue weighted by Crippen LogP contribution is -2.35. The van der Waals surface area contributed by atoms with Gasteiger partial charge in [-0.05, 0) is 50.1 Å². The molecule has 1 amide bonds. The number of amides is 1. The number of hydrogen-bond acceptors (Lipinski definition) is 5. The van der Waals surface area contributed by atoms with E-state index < -0.39 is 10.0 Å². The van der Waals surface area contributed by atoms with E-state index in [2.05, 4.69) is 10.3 Å². The Bertz CT molecular complexity index is 1280. The number of aryl methyl sites for hydroxylation is 1. The van der Waals surface area contributed by atoms with Gasteiger partial charge >= 0.3 is 0 Å². The molecule has 0 bridgehead atoms. The maximum atomic E-state index is 13.2. The number of carbonyl (C=O) groups excluding carboxylic acids is 1. The van der Waals surface area contributed by atoms with Crippen LogP contribution in [0.15, 0.2) is 65.6 Å². The van der Waals surface area contributed by atoms with Gasteiger partial charge in [-0.3, -0.25) is 9.78 Å². The Morgan fingerprint density at radius 2 is 1.68 bits per heavy atom. The molecular formula is C26H30N4O3S. The third kappa shape index (κ3) is 4.98. The Balaban J connectivity index is 1.63. The number of aromatic nitrogens is 1. The number of pyridine rings is 1. The van der Waals surface area contributed by atoms with Gasteiger partial charge in [0.15, 0.2) is 0 Å². The largest absolute Gasteiger partial charge is 0.376 e. The second kappa shape index (κ2) is 9.95. The van der Waals surface area contributed by atoms with Gasteiger partial charge in [0.1, 0.15) is 0 Å². The molecule has 178 valence electrons. The molecule has 0 spiro atoms. The normalized spacial score (nSPS) is 14.6. The number of rotatable bonds is 6. The molecule has 1 saturated heterocycles. The SMILES string of the molecule is Cc1nc(-c2ccccc2)ccc1C(=O)Nc1cc(S(=O)(=O)N2CCCCC2)ccc1N(C)C. The predicted molar refractivity (Wildman–Crippen MR) is 136 cm³/mol. The quantitative estimate of drug-likeness (QED) is 0.562. The number of piperidine rings is 1. The summed E-state index contributed by atoms with van der Waals surface area (Å²) in [6, 6.07) is 18.2. The Morgan fingerprint density at radius 1 is 0.971 bits per heavy atom. The minimum Gasteiger partial charge on any atom is -0.376 e. The summed E-state index contributed by atoms with van der Waals surface area (Å²) in [5.41, 5.74) is 3.97. The first-order chi connectivity index (χ1) is 16.3. The van der Waals surface area contributed by atoms with Crippen LogP contribution in [0.1, 0.15) is 35.3 Å². The number of anilines is 2. The van der Waals surface area contributed by atoms with E-state index in [0.29, 0.717) is 30.0 Å². The van der Waals surface area contributed by atoms with Crippen LogP contribution in [0.4, 0.5) is 11.4 Å². The average Bonchev–Trinajstić information content (AvgIpc) is 2.84. The Morgan fingerprint density at radius 3 is 2.32 bits per heavy atom. The van der Waals surface area contributed by atoms with Gasteiger partial charge in [-0.25, -0.2) is 8.42 Å². The van der Waals surface area contributed by atoms with E-state index in [1.165, 1.54) is 4.31 Å². The maximum absolute atomic E-state index is 13.2. The zero-order chi connectivity index (χ0) is 24.3. The first-order valence-electron chi connectivity index (χ1n) is 11.4. The molecule has 0 saturated carbocycles. The van der Waals surface area contributed by atoms with Crippen LogP contribution < -0.4 is 10.2 Å². The topological polar surface area (TPSA) is 82.6 Å². The molecule has 1 aliphatic heterocycles. The molecule has 0 unspecified atom stereocenters. The number of nitrogens with zero attached hydrogens (tertiary/aromatic N) is 3. The summed E-state index contributed by atoms with van der Waals surface area (Å²) >= 11 is 0. The minimum absolute atomic E-state index is 0.185. The fourth-order valence-corrected chi connectivity index (χ4v) is 5.72. The standard InChI is InChI=1S/C26H30N4O3S/c1-19-22(13-14-23(27-19)20-10-6-4-7-11-20)26(31)28-24-18-21(12-15-25(24)29(2)3)34(32,33)30-16-8-5-9-17-30/h4,6-7,10-15,18H,5,8-9,16-17H2,1-3H3,(H,28,31). The number of hydrogen-bond donors (Lipinski definition) is 1. The van der Waals surface area contributed by atoms with Gasteiger partial charge in [0, 0.05) is 32.7 Å². The molecule has 1 fully saturated rings. The van der Waals surface area contributed by atoms with Crippen molar-refractivity contribution in [3.63, 3.8) is 0 Å². The van der Waals surface area contributed by atoms with Crippen LogP contribution in [0.2, 0.25) is 0 Å². The van der Waals surface area contributed by atoms with Gasteiger partial charge in [0.25, 0.3) is 5.91 Å². The monoisotopic (exact) mass is 478 g/mol. The zero-order valence-corrected chi connectivity index (χ0v) is 20.6. The number of sulfonamides is 1. The second-order valence-electron chi connectivity index (χ2n) is 8.69. The predicted octanol–water partition coefficient (Wildman–Crippen LogP) is 4.55. The Hall–Kier alpha value is -3.23. The van der Waals surface area contributed by atoms with E-state index >= 15 is 0 Å². The highest BCUT2D eigenvalue weighted by atomic mass is 32.2. The summed E-state index contributed by atoms with van der Waals surface area (Å²) in [5, 5.41) is 2.92. The summed E-state index contributed by atoms with van der Waals surface area (Å²) in [7, 11) is 0.0842. The highest BCUT2D eigenvalue weighted by Gasteiger charge is 2.27. The first-order valence-corrected chi connectivity index (χ1v) is 12.9. The van der Waals surface area contributed by atoms with E-state index in [9.17, 15) is 13.2 Å². The molecule has 2 aromatic carbocycles. The van der Waals surface area contributed by atoms with Crippen molar-refractivity contribution in [1.29, 1.82) is 0 Å². The smallest absolute Gasteiger partial charge is 0.257 e. The van der Waals surface area contributed by atoms with Crippen molar-refractivity contribution in [1.82, 2.24) is 9.29 Å². The molecule has 0 aliphatic carbocycles. The Kier molecular flexibility index (Phi) is 7.00. The maximum Gasteiger partial charge on any atom is 0.257 e. The van der Waals surface area contributed by atoms with Crippen LogP contribution in [0, 0.1) is 6.92 Å². The van der Waals surface area contributed by atoms with Crippen molar-refractivity contribution in [2.75, 3.05) is 37.4 Å². The van der Waals surface area contributed by atoms with Crippen LogP contribution in [0.5, 0.6) is 0 Å². The molecular weight excluding hydrogens is 448 g/mol. The van der Waals surface area contributed by atoms with Crippen molar-refractivity contribution in [3.05, 3.63) is 71.9 Å². The lowest BCUT2D eigenvalue weighted by atomic mass is 10.1. The first kappa shape index (κ1) is 23.9. The average molecular weight is 479 g/mol. The highest BCUT2D eigenvalue weighted by molar-refractivity contribution is 7.89. The minimum atomic E-state index is -3.62. The lowest BCUT2D eigenvalue weighted by Gasteiger charge is -2.26. The molecule has 1 aromatic heterocycles. The van der Waals surface area contributed by atoms with Gasteiger partial charge in [-0.2, -0.15) is 4.31 Å². The number of benzene rings is 2. The van der Waals surface area contributed by atoms with Crippen molar-refractivity contribution < 1.29 is 13.2 Å². The molecule has 1 aliphatic rings. The van der Waals surface area contributed by atoms with Gasteiger partial charge < -0.3 is 10.2 Å². The summed E-state index contributed by atoms with van der Waals surface area (Å²) in [4.78, 5) is 19.8. The summed E-state index contributed by atoms with van der Waals surface area (Å²) in [5.74, 6) is -0.333. The molecule has 8 heteroatoms. The van der Waals surface area contributed by atoms with E-state index in [4.69, 9.17) is 0 Å². The van der Waals surface area contributed by atoms with Crippen LogP contribution in [-0.4, -0.2) is 50.8 Å². The third-order valence-electron chi connectivity index (χ3n) is 6.05. The lowest BCUT2D eigenvalue weighted by molar-refractivity contribution is 0.102. The van der Waals surface area contributed by atoms with Crippen LogP contribution >= 0.6 is 0 Å². The third-order valence-corrected chi connectivity index (χ3v) is 7.95. The summed E-state index contributed by atoms with van der Waals surface area (Å²) in [6.45, 7) is 2.85. The number of carbonyl (C=O) groups is 1. The molecule has 34 heavy (non-hydrogen) atoms. The Labute approximate surface area is 201 Å². The van der Waals surface area contributed by atoms with E-state index in [-0.39, 0.29) is 10.8 Å². The molecule has 4 rings (SSSR count). The number of nitrogens with one attached hydrogen (secondary N) is 1. The van der Waals surface area contributed by atoms with Crippen LogP contribution in [0.25, 0.3) is 11.3 Å². The second-order valence-corrected chi connectivity index (χ2v) is 10.6. The van der Waals surface area contributed by atoms with E-state index in [0.717, 1.165) is 36.2 Å². The fourth-order valence-electron chi connectivity index (χ4n) is 4.18. The zero-order valence-electron chi connectivity index (χ0n) is 19.8. The van der Waals surface area contributed by atoms with Crippen LogP contribution in [-0.2, 0) is 10.0 Å². The fraction of sp³-hybridized carbons (Fsp3) is 0.308. The molecule has 0 radical (unpaired) electrons. The van der Waals surface area contributed by atoms with Gasteiger partial charge in [-0.1, -0.05) is 36.8 Å². The molecule has 2 heterocycles. The molecule has 0 atom stereocenters. The van der Waals surface area contributed by atoms with Crippen molar-refractivity contribution >= 4 is 27.3 Å². The van der Waals surface area contributed by atoms with Crippen molar-refractivity contribution in [2.24, 2.45) is 0 Å². The summed E-state index contributed by atoms with van der Waals surface area (Å²) in [6.07, 6.45) is 2.77. The summed E-state index contributed by atoms with van der Waals surface area (Å²) < 4.78 is 27.9. The van der Waals surface area contributed by atoms with E-state index in [1.54, 1.807) is 31.2 Å². The van der Waals surface area contributed by atoms with Crippen molar-refractivity contribution in [3.8, 4) is 11.3 Å². The molecule has 3 aromatic rings. The van der Waals surface area contributed by atoms with Crippen LogP contribution in [0.3, 0.4) is 0 Å². The van der Waals surface area contributed by atoms with Crippen molar-refractivity contribution in [2.45, 2.75) is 31.1 Å². The van der Waals surface area contributed by atoms with Gasteiger partial charge in [0.2, 0.25) is 10.0 Å². The van der Waals surface area contributed by atoms with Gasteiger partial charge in [0.05, 0.1) is 33.2 Å². The van der Waals surface area contributed by atoms with E-state index in [1.807, 2.05) is 55.4 Å². The molecule has 7 nitrogen and oxygen atoms in total. The van der Waals surface area contributed by atoms with Gasteiger partial charge in [-0.15, -0.1) is 0 Å².